The van der Waals surface area contributed by atoms with Crippen LogP contribution < -0.4 is 5.23 Å². The third-order valence-corrected chi connectivity index (χ3v) is 0.967. The minimum Gasteiger partial charge on any atom is -0.264 e. The van der Waals surface area contributed by atoms with Crippen molar-refractivity contribution < 1.29 is 14.8 Å². The van der Waals surface area contributed by atoms with Gasteiger partial charge in [-0.3, -0.25) is 15.4 Å². The molecule has 2 N–H and O–H groups in total. The molecule has 0 saturated carbocycles. The maximum absolute atomic E-state index is 12.4. The highest BCUT2D eigenvalue weighted by molar-refractivity contribution is 5.39. The first-order valence-corrected chi connectivity index (χ1v) is 2.49. The molecule has 5 heteroatoms. The van der Waals surface area contributed by atoms with Crippen molar-refractivity contribution in [3.8, 4) is 0 Å². The lowest BCUT2D eigenvalue weighted by Gasteiger charge is -2.06. The summed E-state index contributed by atoms with van der Waals surface area (Å²) in [6, 6.07) is 1.13. The van der Waals surface area contributed by atoms with Gasteiger partial charge in [0.25, 0.3) is 0 Å². The number of hydrogen-bond acceptors (Lipinski definition) is 4. The molecular weight excluding hydrogens is 139 g/mol. The molecule has 1 aromatic rings. The van der Waals surface area contributed by atoms with Gasteiger partial charge in [-0.05, 0) is 6.07 Å². The van der Waals surface area contributed by atoms with E-state index in [0.29, 0.717) is 0 Å². The summed E-state index contributed by atoms with van der Waals surface area (Å²) >= 11 is 0. The maximum atomic E-state index is 12.4. The van der Waals surface area contributed by atoms with Crippen LogP contribution in [0.25, 0.3) is 0 Å². The summed E-state index contributed by atoms with van der Waals surface area (Å²) < 4.78 is 12.4. The second-order valence-electron chi connectivity index (χ2n) is 1.62. The first-order chi connectivity index (χ1) is 4.72. The largest absolute Gasteiger partial charge is 0.264 e. The number of aromatic nitrogens is 1. The zero-order valence-corrected chi connectivity index (χ0v) is 4.90. The van der Waals surface area contributed by atoms with Gasteiger partial charge in [0.2, 0.25) is 0 Å². The Kier molecular flexibility index (Phi) is 1.79. The van der Waals surface area contributed by atoms with Crippen molar-refractivity contribution in [2.24, 2.45) is 0 Å². The van der Waals surface area contributed by atoms with Crippen LogP contribution >= 0.6 is 0 Å². The van der Waals surface area contributed by atoms with Gasteiger partial charge in [0, 0.05) is 6.20 Å². The quantitative estimate of drug-likeness (QED) is 0.572. The molecule has 54 valence electrons. The fraction of sp³-hybridized carbons (Fsp3) is 0. The highest BCUT2D eigenvalue weighted by Crippen LogP contribution is 2.12. The second-order valence-corrected chi connectivity index (χ2v) is 1.62. The topological polar surface area (TPSA) is 56.6 Å². The fourth-order valence-corrected chi connectivity index (χ4v) is 0.530. The highest BCUT2D eigenvalue weighted by atomic mass is 19.1. The van der Waals surface area contributed by atoms with Crippen LogP contribution in [0.4, 0.5) is 10.1 Å². The van der Waals surface area contributed by atoms with Crippen LogP contribution in [0.5, 0.6) is 0 Å². The molecule has 10 heavy (non-hydrogen) atoms. The Morgan fingerprint density at radius 1 is 1.50 bits per heavy atom. The Bertz CT molecular complexity index is 229. The molecule has 0 aliphatic heterocycles. The van der Waals surface area contributed by atoms with Crippen molar-refractivity contribution in [2.75, 3.05) is 5.23 Å². The summed E-state index contributed by atoms with van der Waals surface area (Å²) in [5.74, 6) is -0.785. The van der Waals surface area contributed by atoms with Crippen LogP contribution in [0.3, 0.4) is 0 Å². The molecule has 0 aliphatic carbocycles. The van der Waals surface area contributed by atoms with Crippen molar-refractivity contribution in [3.63, 3.8) is 0 Å². The molecule has 0 aromatic carbocycles. The normalized spacial score (nSPS) is 9.50. The predicted molar refractivity (Wildman–Crippen MR) is 30.2 cm³/mol. The van der Waals surface area contributed by atoms with E-state index in [1.807, 2.05) is 0 Å². The third-order valence-electron chi connectivity index (χ3n) is 0.967. The molecule has 0 radical (unpaired) electrons. The average molecular weight is 144 g/mol. The SMILES string of the molecule is ON(O)c1ccncc1F. The molecule has 0 bridgehead atoms. The van der Waals surface area contributed by atoms with Crippen molar-refractivity contribution in [1.82, 2.24) is 4.98 Å². The molecule has 4 nitrogen and oxygen atoms in total. The van der Waals surface area contributed by atoms with Gasteiger partial charge in [0.05, 0.1) is 6.20 Å². The van der Waals surface area contributed by atoms with Crippen LogP contribution in [-0.4, -0.2) is 15.4 Å². The number of hydrogen-bond donors (Lipinski definition) is 2. The van der Waals surface area contributed by atoms with Gasteiger partial charge in [-0.2, -0.15) is 0 Å². The fourth-order valence-electron chi connectivity index (χ4n) is 0.530. The van der Waals surface area contributed by atoms with Crippen molar-refractivity contribution in [1.29, 1.82) is 0 Å². The van der Waals surface area contributed by atoms with Gasteiger partial charge < -0.3 is 0 Å². The second kappa shape index (κ2) is 2.59. The van der Waals surface area contributed by atoms with Crippen LogP contribution in [0.1, 0.15) is 0 Å². The standard InChI is InChI=1S/C5H5FN2O2/c6-4-3-7-2-1-5(4)8(9)10/h1-3,9-10H. The van der Waals surface area contributed by atoms with Gasteiger partial charge in [-0.1, -0.05) is 0 Å². The first kappa shape index (κ1) is 6.91. The molecule has 1 rings (SSSR count). The molecule has 1 heterocycles. The molecule has 0 atom stereocenters. The van der Waals surface area contributed by atoms with E-state index >= 15 is 0 Å². The van der Waals surface area contributed by atoms with E-state index in [0.717, 1.165) is 12.3 Å². The number of nitrogens with zero attached hydrogens (tertiary/aromatic N) is 2. The Morgan fingerprint density at radius 2 is 2.20 bits per heavy atom. The average Bonchev–Trinajstić information content (AvgIpc) is 1.88. The summed E-state index contributed by atoms with van der Waals surface area (Å²) in [4.78, 5) is 3.40. The van der Waals surface area contributed by atoms with Crippen LogP contribution in [-0.2, 0) is 0 Å². The molecule has 0 amide bonds. The van der Waals surface area contributed by atoms with Gasteiger partial charge in [0.15, 0.2) is 5.82 Å². The summed E-state index contributed by atoms with van der Waals surface area (Å²) in [5, 5.41) is 16.4. The minimum atomic E-state index is -0.785. The van der Waals surface area contributed by atoms with Crippen LogP contribution in [0, 0.1) is 5.82 Å². The molecule has 0 aliphatic rings. The number of anilines is 1. The maximum Gasteiger partial charge on any atom is 0.169 e. The smallest absolute Gasteiger partial charge is 0.169 e. The monoisotopic (exact) mass is 144 g/mol. The molecule has 0 unspecified atom stereocenters. The Morgan fingerprint density at radius 3 is 2.60 bits per heavy atom. The molecular formula is C5H5FN2O2. The molecule has 0 spiro atoms. The predicted octanol–water partition coefficient (Wildman–Crippen LogP) is 0.805. The molecule has 0 fully saturated rings. The van der Waals surface area contributed by atoms with Gasteiger partial charge in [-0.25, -0.2) is 4.39 Å². The lowest BCUT2D eigenvalue weighted by molar-refractivity contribution is 0.0272. The molecule has 0 saturated heterocycles. The first-order valence-electron chi connectivity index (χ1n) is 2.49. The lowest BCUT2D eigenvalue weighted by Crippen LogP contribution is -2.12. The summed E-state index contributed by atoms with van der Waals surface area (Å²) in [6.07, 6.45) is 2.13. The molecule has 1 aromatic heterocycles. The van der Waals surface area contributed by atoms with E-state index in [1.54, 1.807) is 0 Å². The Balaban J connectivity index is 3.03. The zero-order chi connectivity index (χ0) is 7.56. The van der Waals surface area contributed by atoms with Gasteiger partial charge in [-0.15, -0.1) is 5.23 Å². The Hall–Kier alpha value is -1.20. The third kappa shape index (κ3) is 1.20. The van der Waals surface area contributed by atoms with E-state index < -0.39 is 5.82 Å². The Labute approximate surface area is 56.1 Å². The van der Waals surface area contributed by atoms with E-state index in [4.69, 9.17) is 10.4 Å². The van der Waals surface area contributed by atoms with Crippen molar-refractivity contribution >= 4 is 5.69 Å². The van der Waals surface area contributed by atoms with Crippen molar-refractivity contribution in [3.05, 3.63) is 24.3 Å². The number of halogens is 1. The minimum absolute atomic E-state index is 0.295. The summed E-state index contributed by atoms with van der Waals surface area (Å²) in [7, 11) is 0. The van der Waals surface area contributed by atoms with E-state index in [1.165, 1.54) is 6.20 Å². The van der Waals surface area contributed by atoms with Crippen LogP contribution in [0.15, 0.2) is 18.5 Å². The van der Waals surface area contributed by atoms with E-state index in [2.05, 4.69) is 4.98 Å². The zero-order valence-electron chi connectivity index (χ0n) is 4.90. The van der Waals surface area contributed by atoms with Crippen LogP contribution in [0.2, 0.25) is 0 Å². The highest BCUT2D eigenvalue weighted by Gasteiger charge is 2.04. The number of rotatable bonds is 1. The van der Waals surface area contributed by atoms with Gasteiger partial charge >= 0.3 is 0 Å². The number of pyridine rings is 1. The summed E-state index contributed by atoms with van der Waals surface area (Å²) in [5.41, 5.74) is -0.324. The van der Waals surface area contributed by atoms with Gasteiger partial charge in [0.1, 0.15) is 5.69 Å². The van der Waals surface area contributed by atoms with E-state index in [9.17, 15) is 4.39 Å². The lowest BCUT2D eigenvalue weighted by atomic mass is 10.4. The summed E-state index contributed by atoms with van der Waals surface area (Å²) in [6.45, 7) is 0. The van der Waals surface area contributed by atoms with Crippen molar-refractivity contribution in [2.45, 2.75) is 0 Å². The van der Waals surface area contributed by atoms with E-state index in [-0.39, 0.29) is 10.9 Å².